The molecule has 19 heavy (non-hydrogen) atoms. The van der Waals surface area contributed by atoms with Crippen molar-refractivity contribution in [2.45, 2.75) is 50.2 Å². The van der Waals surface area contributed by atoms with Crippen LogP contribution in [0.1, 0.15) is 38.5 Å². The number of nitrogens with two attached hydrogens (primary N) is 1. The molecule has 0 bridgehead atoms. The molecule has 1 fully saturated rings. The third-order valence-corrected chi connectivity index (χ3v) is 3.71. The maximum absolute atomic E-state index is 9.83. The van der Waals surface area contributed by atoms with Crippen LogP contribution in [0.2, 0.25) is 0 Å². The molecule has 5 nitrogen and oxygen atoms in total. The van der Waals surface area contributed by atoms with Gasteiger partial charge in [0.05, 0.1) is 32.0 Å². The van der Waals surface area contributed by atoms with Crippen molar-refractivity contribution < 1.29 is 19.3 Å². The molecule has 1 aliphatic carbocycles. The van der Waals surface area contributed by atoms with E-state index in [-0.39, 0.29) is 12.2 Å². The second-order valence-corrected chi connectivity index (χ2v) is 5.33. The fourth-order valence-electron chi connectivity index (χ4n) is 2.46. The summed E-state index contributed by atoms with van der Waals surface area (Å²) in [5.74, 6) is 0. The number of methoxy groups -OCH3 is 1. The van der Waals surface area contributed by atoms with Gasteiger partial charge in [-0.05, 0) is 12.8 Å². The smallest absolute Gasteiger partial charge is 0.101 e. The molecule has 1 saturated carbocycles. The topological polar surface area (TPSA) is 73.9 Å². The highest BCUT2D eigenvalue weighted by atomic mass is 16.5. The monoisotopic (exact) mass is 275 g/mol. The van der Waals surface area contributed by atoms with Crippen LogP contribution >= 0.6 is 0 Å². The highest BCUT2D eigenvalue weighted by Gasteiger charge is 2.30. The number of hydrogen-bond donors (Lipinski definition) is 2. The van der Waals surface area contributed by atoms with E-state index in [0.29, 0.717) is 26.4 Å². The van der Waals surface area contributed by atoms with Gasteiger partial charge in [0.25, 0.3) is 0 Å². The van der Waals surface area contributed by atoms with Gasteiger partial charge in [0.2, 0.25) is 0 Å². The van der Waals surface area contributed by atoms with Crippen LogP contribution in [-0.4, -0.2) is 56.9 Å². The van der Waals surface area contributed by atoms with E-state index in [9.17, 15) is 5.11 Å². The number of aliphatic hydroxyl groups is 1. The third-order valence-electron chi connectivity index (χ3n) is 3.71. The van der Waals surface area contributed by atoms with Crippen molar-refractivity contribution in [2.75, 3.05) is 40.1 Å². The molecule has 0 heterocycles. The fourth-order valence-corrected chi connectivity index (χ4v) is 2.46. The molecule has 0 aliphatic heterocycles. The van der Waals surface area contributed by atoms with E-state index in [2.05, 4.69) is 0 Å². The first-order valence-electron chi connectivity index (χ1n) is 7.31. The predicted molar refractivity (Wildman–Crippen MR) is 74.1 cm³/mol. The molecule has 0 saturated heterocycles. The van der Waals surface area contributed by atoms with Gasteiger partial charge >= 0.3 is 0 Å². The molecule has 0 radical (unpaired) electrons. The molecule has 1 aliphatic rings. The molecule has 0 aromatic carbocycles. The zero-order valence-electron chi connectivity index (χ0n) is 12.1. The lowest BCUT2D eigenvalue weighted by Gasteiger charge is -2.32. The summed E-state index contributed by atoms with van der Waals surface area (Å²) < 4.78 is 16.1. The van der Waals surface area contributed by atoms with Crippen molar-refractivity contribution in [3.05, 3.63) is 0 Å². The van der Waals surface area contributed by atoms with Gasteiger partial charge in [-0.1, -0.05) is 25.7 Å². The van der Waals surface area contributed by atoms with Gasteiger partial charge < -0.3 is 25.1 Å². The zero-order chi connectivity index (χ0) is 14.0. The zero-order valence-corrected chi connectivity index (χ0v) is 12.1. The minimum absolute atomic E-state index is 0.232. The quantitative estimate of drug-likeness (QED) is 0.486. The molecule has 5 heteroatoms. The maximum Gasteiger partial charge on any atom is 0.101 e. The Bertz CT molecular complexity index is 217. The number of hydrogen-bond acceptors (Lipinski definition) is 5. The summed E-state index contributed by atoms with van der Waals surface area (Å²) in [5.41, 5.74) is 5.65. The molecule has 114 valence electrons. The van der Waals surface area contributed by atoms with E-state index in [1.54, 1.807) is 7.11 Å². The van der Waals surface area contributed by atoms with Crippen LogP contribution in [0.25, 0.3) is 0 Å². The Kier molecular flexibility index (Phi) is 8.57. The van der Waals surface area contributed by atoms with Crippen LogP contribution in [0.5, 0.6) is 0 Å². The van der Waals surface area contributed by atoms with E-state index in [4.69, 9.17) is 19.9 Å². The molecule has 3 N–H and O–H groups in total. The molecule has 0 spiro atoms. The molecule has 0 aromatic heterocycles. The Morgan fingerprint density at radius 1 is 1.11 bits per heavy atom. The average Bonchev–Trinajstić information content (AvgIpc) is 2.67. The van der Waals surface area contributed by atoms with Crippen molar-refractivity contribution in [3.8, 4) is 0 Å². The fraction of sp³-hybridized carbons (Fsp3) is 1.00. The Morgan fingerprint density at radius 3 is 2.37 bits per heavy atom. The van der Waals surface area contributed by atoms with Gasteiger partial charge in [0, 0.05) is 13.7 Å². The van der Waals surface area contributed by atoms with Crippen LogP contribution in [0.4, 0.5) is 0 Å². The molecule has 0 aromatic rings. The Labute approximate surface area is 116 Å². The summed E-state index contributed by atoms with van der Waals surface area (Å²) in [6.45, 7) is 2.15. The molecule has 1 unspecified atom stereocenters. The van der Waals surface area contributed by atoms with Crippen LogP contribution in [-0.2, 0) is 14.2 Å². The van der Waals surface area contributed by atoms with Crippen molar-refractivity contribution >= 4 is 0 Å². The van der Waals surface area contributed by atoms with Gasteiger partial charge in [-0.25, -0.2) is 0 Å². The first-order chi connectivity index (χ1) is 9.22. The van der Waals surface area contributed by atoms with E-state index in [1.165, 1.54) is 12.8 Å². The minimum atomic E-state index is -0.594. The van der Waals surface area contributed by atoms with Crippen molar-refractivity contribution in [3.63, 3.8) is 0 Å². The summed E-state index contributed by atoms with van der Waals surface area (Å²) in [7, 11) is 1.62. The van der Waals surface area contributed by atoms with Crippen molar-refractivity contribution in [1.82, 2.24) is 0 Å². The summed E-state index contributed by atoms with van der Waals surface area (Å²) in [4.78, 5) is 0. The lowest BCUT2D eigenvalue weighted by molar-refractivity contribution is -0.0991. The number of rotatable bonds is 9. The summed E-state index contributed by atoms with van der Waals surface area (Å²) >= 11 is 0. The van der Waals surface area contributed by atoms with Crippen molar-refractivity contribution in [2.24, 2.45) is 5.73 Å². The predicted octanol–water partition coefficient (Wildman–Crippen LogP) is 1.08. The molecular weight excluding hydrogens is 246 g/mol. The van der Waals surface area contributed by atoms with Gasteiger partial charge in [-0.2, -0.15) is 0 Å². The average molecular weight is 275 g/mol. The highest BCUT2D eigenvalue weighted by molar-refractivity contribution is 4.84. The van der Waals surface area contributed by atoms with Gasteiger partial charge in [0.1, 0.15) is 6.10 Å². The van der Waals surface area contributed by atoms with Gasteiger partial charge in [0.15, 0.2) is 0 Å². The summed E-state index contributed by atoms with van der Waals surface area (Å²) in [5, 5.41) is 9.83. The maximum atomic E-state index is 9.83. The van der Waals surface area contributed by atoms with Crippen LogP contribution in [0, 0.1) is 0 Å². The first kappa shape index (κ1) is 16.9. The van der Waals surface area contributed by atoms with Gasteiger partial charge in [-0.15, -0.1) is 0 Å². The molecule has 0 amide bonds. The number of aliphatic hydroxyl groups excluding tert-OH is 1. The molecular formula is C14H29NO4. The Balaban J connectivity index is 2.23. The lowest BCUT2D eigenvalue weighted by atomic mass is 9.94. The van der Waals surface area contributed by atoms with E-state index in [1.807, 2.05) is 0 Å². The SMILES string of the molecule is COCCOCC(O)COC1(CN)CCCCCC1. The highest BCUT2D eigenvalue weighted by Crippen LogP contribution is 2.29. The lowest BCUT2D eigenvalue weighted by Crippen LogP contribution is -2.42. The van der Waals surface area contributed by atoms with E-state index in [0.717, 1.165) is 25.7 Å². The Hall–Kier alpha value is -0.200. The Morgan fingerprint density at radius 2 is 1.79 bits per heavy atom. The van der Waals surface area contributed by atoms with Crippen molar-refractivity contribution in [1.29, 1.82) is 0 Å². The van der Waals surface area contributed by atoms with Crippen LogP contribution in [0.15, 0.2) is 0 Å². The van der Waals surface area contributed by atoms with Crippen LogP contribution < -0.4 is 5.73 Å². The first-order valence-corrected chi connectivity index (χ1v) is 7.31. The minimum Gasteiger partial charge on any atom is -0.388 e. The summed E-state index contributed by atoms with van der Waals surface area (Å²) in [6, 6.07) is 0. The standard InChI is InChI=1S/C14H29NO4/c1-17-8-9-18-10-13(16)11-19-14(12-15)6-4-2-3-5-7-14/h13,16H,2-12,15H2,1H3. The second-order valence-electron chi connectivity index (χ2n) is 5.33. The third kappa shape index (κ3) is 6.68. The van der Waals surface area contributed by atoms with E-state index < -0.39 is 6.10 Å². The number of ether oxygens (including phenoxy) is 3. The van der Waals surface area contributed by atoms with Gasteiger partial charge in [-0.3, -0.25) is 0 Å². The normalized spacial score (nSPS) is 21.0. The van der Waals surface area contributed by atoms with E-state index >= 15 is 0 Å². The molecule has 1 atom stereocenters. The molecule has 1 rings (SSSR count). The second kappa shape index (κ2) is 9.66. The largest absolute Gasteiger partial charge is 0.388 e. The van der Waals surface area contributed by atoms with Crippen LogP contribution in [0.3, 0.4) is 0 Å². The summed E-state index contributed by atoms with van der Waals surface area (Å²) in [6.07, 6.45) is 6.25.